The Morgan fingerprint density at radius 1 is 1.16 bits per heavy atom. The first-order valence-electron chi connectivity index (χ1n) is 7.37. The highest BCUT2D eigenvalue weighted by molar-refractivity contribution is 6.17. The van der Waals surface area contributed by atoms with Gasteiger partial charge in [0.05, 0.1) is 5.88 Å². The number of alkyl halides is 1. The monoisotopic (exact) mass is 279 g/mol. The molecule has 0 aromatic carbocycles. The van der Waals surface area contributed by atoms with E-state index in [2.05, 4.69) is 20.9 Å². The van der Waals surface area contributed by atoms with Crippen molar-refractivity contribution in [1.82, 2.24) is 9.88 Å². The first-order chi connectivity index (χ1) is 9.38. The largest absolute Gasteiger partial charge is 0.354 e. The third-order valence-electron chi connectivity index (χ3n) is 4.47. The highest BCUT2D eigenvalue weighted by atomic mass is 35.5. The van der Waals surface area contributed by atoms with Crippen LogP contribution in [0.25, 0.3) is 0 Å². The molecule has 0 N–H and O–H groups in total. The van der Waals surface area contributed by atoms with E-state index in [1.807, 2.05) is 12.3 Å². The van der Waals surface area contributed by atoms with Crippen molar-refractivity contribution < 1.29 is 0 Å². The van der Waals surface area contributed by atoms with Crippen molar-refractivity contribution in [2.75, 3.05) is 31.1 Å². The SMILES string of the molecule is ClCc1cccnc1N1CCN(C2CCCC2)CC1. The Morgan fingerprint density at radius 2 is 1.89 bits per heavy atom. The van der Waals surface area contributed by atoms with E-state index in [0.717, 1.165) is 30.5 Å². The minimum atomic E-state index is 0.548. The highest BCUT2D eigenvalue weighted by Gasteiger charge is 2.26. The van der Waals surface area contributed by atoms with Crippen molar-refractivity contribution in [2.45, 2.75) is 37.6 Å². The predicted octanol–water partition coefficient (Wildman–Crippen LogP) is 2.89. The van der Waals surface area contributed by atoms with Crippen LogP contribution in [0.4, 0.5) is 5.82 Å². The molecule has 3 rings (SSSR count). The van der Waals surface area contributed by atoms with Gasteiger partial charge in [0.2, 0.25) is 0 Å². The van der Waals surface area contributed by atoms with E-state index in [1.54, 1.807) is 0 Å². The Balaban J connectivity index is 1.63. The molecule has 0 bridgehead atoms. The average molecular weight is 280 g/mol. The van der Waals surface area contributed by atoms with Crippen molar-refractivity contribution in [3.05, 3.63) is 23.9 Å². The number of nitrogens with zero attached hydrogens (tertiary/aromatic N) is 3. The fourth-order valence-electron chi connectivity index (χ4n) is 3.39. The van der Waals surface area contributed by atoms with Crippen LogP contribution in [0.2, 0.25) is 0 Å². The summed E-state index contributed by atoms with van der Waals surface area (Å²) in [7, 11) is 0. The van der Waals surface area contributed by atoms with Crippen molar-refractivity contribution in [2.24, 2.45) is 0 Å². The van der Waals surface area contributed by atoms with E-state index in [4.69, 9.17) is 11.6 Å². The summed E-state index contributed by atoms with van der Waals surface area (Å²) in [5.41, 5.74) is 1.15. The molecule has 4 heteroatoms. The second-order valence-corrected chi connectivity index (χ2v) is 5.85. The molecule has 0 amide bonds. The van der Waals surface area contributed by atoms with Crippen molar-refractivity contribution >= 4 is 17.4 Å². The lowest BCUT2D eigenvalue weighted by Gasteiger charge is -2.39. The van der Waals surface area contributed by atoms with Crippen LogP contribution in [0.15, 0.2) is 18.3 Å². The van der Waals surface area contributed by atoms with Crippen molar-refractivity contribution in [3.63, 3.8) is 0 Å². The average Bonchev–Trinajstić information content (AvgIpc) is 3.02. The second-order valence-electron chi connectivity index (χ2n) is 5.58. The predicted molar refractivity (Wildman–Crippen MR) is 79.8 cm³/mol. The maximum absolute atomic E-state index is 6.01. The molecule has 0 atom stereocenters. The molecule has 0 spiro atoms. The zero-order chi connectivity index (χ0) is 13.1. The van der Waals surface area contributed by atoms with Gasteiger partial charge in [-0.3, -0.25) is 4.90 Å². The number of halogens is 1. The van der Waals surface area contributed by atoms with Gasteiger partial charge in [0, 0.05) is 44.0 Å². The van der Waals surface area contributed by atoms with Crippen LogP contribution in [-0.2, 0) is 5.88 Å². The Bertz CT molecular complexity index is 410. The molecule has 0 unspecified atom stereocenters. The molecule has 1 aromatic rings. The zero-order valence-electron chi connectivity index (χ0n) is 11.4. The summed E-state index contributed by atoms with van der Waals surface area (Å²) in [6, 6.07) is 4.90. The van der Waals surface area contributed by atoms with Gasteiger partial charge in [0.25, 0.3) is 0 Å². The summed E-state index contributed by atoms with van der Waals surface area (Å²) in [5, 5.41) is 0. The van der Waals surface area contributed by atoms with Gasteiger partial charge in [-0.2, -0.15) is 0 Å². The third kappa shape index (κ3) is 2.87. The number of hydrogen-bond donors (Lipinski definition) is 0. The van der Waals surface area contributed by atoms with Gasteiger partial charge in [-0.1, -0.05) is 18.9 Å². The molecule has 0 radical (unpaired) electrons. The molecule has 1 aromatic heterocycles. The molecule has 2 fully saturated rings. The smallest absolute Gasteiger partial charge is 0.133 e. The van der Waals surface area contributed by atoms with Gasteiger partial charge in [-0.25, -0.2) is 4.98 Å². The maximum atomic E-state index is 6.01. The van der Waals surface area contributed by atoms with Gasteiger partial charge in [0.15, 0.2) is 0 Å². The molecule has 104 valence electrons. The molecular formula is C15H22ClN3. The first kappa shape index (κ1) is 13.2. The molecule has 1 aliphatic heterocycles. The topological polar surface area (TPSA) is 19.4 Å². The normalized spacial score (nSPS) is 22.1. The first-order valence-corrected chi connectivity index (χ1v) is 7.91. The highest BCUT2D eigenvalue weighted by Crippen LogP contribution is 2.26. The number of anilines is 1. The summed E-state index contributed by atoms with van der Waals surface area (Å²) >= 11 is 6.01. The second kappa shape index (κ2) is 6.10. The Morgan fingerprint density at radius 3 is 2.58 bits per heavy atom. The Hall–Kier alpha value is -0.800. The van der Waals surface area contributed by atoms with Crippen LogP contribution in [0.3, 0.4) is 0 Å². The number of aromatic nitrogens is 1. The standard InChI is InChI=1S/C15H22ClN3/c16-12-13-4-3-7-17-15(13)19-10-8-18(9-11-19)14-5-1-2-6-14/h3-4,7,14H,1-2,5-6,8-12H2. The lowest BCUT2D eigenvalue weighted by molar-refractivity contribution is 0.187. The fraction of sp³-hybridized carbons (Fsp3) is 0.667. The number of hydrogen-bond acceptors (Lipinski definition) is 3. The van der Waals surface area contributed by atoms with Crippen LogP contribution in [-0.4, -0.2) is 42.1 Å². The van der Waals surface area contributed by atoms with Crippen LogP contribution in [0.1, 0.15) is 31.2 Å². The lowest BCUT2D eigenvalue weighted by atomic mass is 10.1. The third-order valence-corrected chi connectivity index (χ3v) is 4.75. The van der Waals surface area contributed by atoms with Crippen LogP contribution in [0, 0.1) is 0 Å². The van der Waals surface area contributed by atoms with E-state index >= 15 is 0 Å². The van der Waals surface area contributed by atoms with Gasteiger partial charge < -0.3 is 4.90 Å². The van der Waals surface area contributed by atoms with Gasteiger partial charge in [0.1, 0.15) is 5.82 Å². The summed E-state index contributed by atoms with van der Waals surface area (Å²) in [6.45, 7) is 4.50. The van der Waals surface area contributed by atoms with Crippen molar-refractivity contribution in [1.29, 1.82) is 0 Å². The van der Waals surface area contributed by atoms with E-state index in [1.165, 1.54) is 38.8 Å². The van der Waals surface area contributed by atoms with Crippen LogP contribution >= 0.6 is 11.6 Å². The van der Waals surface area contributed by atoms with Crippen LogP contribution < -0.4 is 4.90 Å². The number of pyridine rings is 1. The molecule has 3 nitrogen and oxygen atoms in total. The molecule has 19 heavy (non-hydrogen) atoms. The Kier molecular flexibility index (Phi) is 4.24. The molecule has 1 aliphatic carbocycles. The minimum absolute atomic E-state index is 0.548. The van der Waals surface area contributed by atoms with E-state index in [0.29, 0.717) is 5.88 Å². The minimum Gasteiger partial charge on any atom is -0.354 e. The number of piperazine rings is 1. The summed E-state index contributed by atoms with van der Waals surface area (Å²) < 4.78 is 0. The molecule has 2 heterocycles. The van der Waals surface area contributed by atoms with Crippen LogP contribution in [0.5, 0.6) is 0 Å². The molecule has 2 aliphatic rings. The van der Waals surface area contributed by atoms with Gasteiger partial charge >= 0.3 is 0 Å². The van der Waals surface area contributed by atoms with Gasteiger partial charge in [-0.05, 0) is 18.9 Å². The zero-order valence-corrected chi connectivity index (χ0v) is 12.1. The maximum Gasteiger partial charge on any atom is 0.133 e. The van der Waals surface area contributed by atoms with Gasteiger partial charge in [-0.15, -0.1) is 11.6 Å². The quantitative estimate of drug-likeness (QED) is 0.793. The number of rotatable bonds is 3. The molecule has 1 saturated heterocycles. The van der Waals surface area contributed by atoms with E-state index in [9.17, 15) is 0 Å². The summed E-state index contributed by atoms with van der Waals surface area (Å²) in [4.78, 5) is 9.58. The van der Waals surface area contributed by atoms with E-state index < -0.39 is 0 Å². The van der Waals surface area contributed by atoms with Crippen molar-refractivity contribution in [3.8, 4) is 0 Å². The molecule has 1 saturated carbocycles. The summed E-state index contributed by atoms with van der Waals surface area (Å²) in [5.74, 6) is 1.63. The summed E-state index contributed by atoms with van der Waals surface area (Å²) in [6.07, 6.45) is 7.50. The lowest BCUT2D eigenvalue weighted by Crippen LogP contribution is -2.50. The Labute approximate surface area is 120 Å². The fourth-order valence-corrected chi connectivity index (χ4v) is 3.60. The molecular weight excluding hydrogens is 258 g/mol. The van der Waals surface area contributed by atoms with E-state index in [-0.39, 0.29) is 0 Å².